The molecule has 3 rings (SSSR count). The fourth-order valence-corrected chi connectivity index (χ4v) is 4.90. The Morgan fingerprint density at radius 3 is 2.70 bits per heavy atom. The number of fused-ring (bicyclic) bond motifs is 1. The first kappa shape index (κ1) is 19.5. The summed E-state index contributed by atoms with van der Waals surface area (Å²) in [5.74, 6) is -0.224. The molecule has 0 saturated carbocycles. The molecular formula is C19H21N3O3S2. The summed E-state index contributed by atoms with van der Waals surface area (Å²) in [4.78, 5) is 16.7. The van der Waals surface area contributed by atoms with Gasteiger partial charge in [-0.05, 0) is 43.2 Å². The highest BCUT2D eigenvalue weighted by atomic mass is 32.2. The average Bonchev–Trinajstić information content (AvgIpc) is 3.05. The van der Waals surface area contributed by atoms with Crippen LogP contribution in [0, 0.1) is 13.8 Å². The number of benzene rings is 2. The Balaban J connectivity index is 1.51. The third kappa shape index (κ3) is 4.91. The largest absolute Gasteiger partial charge is 0.350 e. The Morgan fingerprint density at radius 2 is 1.93 bits per heavy atom. The first-order valence-corrected chi connectivity index (χ1v) is 10.8. The van der Waals surface area contributed by atoms with Gasteiger partial charge >= 0.3 is 0 Å². The third-order valence-electron chi connectivity index (χ3n) is 4.05. The highest BCUT2D eigenvalue weighted by Crippen LogP contribution is 2.21. The van der Waals surface area contributed by atoms with Crippen molar-refractivity contribution in [2.24, 2.45) is 0 Å². The molecule has 142 valence electrons. The second-order valence-electron chi connectivity index (χ2n) is 6.27. The van der Waals surface area contributed by atoms with Gasteiger partial charge in [0, 0.05) is 13.0 Å². The zero-order valence-electron chi connectivity index (χ0n) is 15.2. The predicted molar refractivity (Wildman–Crippen MR) is 107 cm³/mol. The van der Waals surface area contributed by atoms with Crippen LogP contribution in [0.15, 0.2) is 47.4 Å². The minimum absolute atomic E-state index is 0.0430. The smallest absolute Gasteiger partial charge is 0.240 e. The van der Waals surface area contributed by atoms with E-state index in [9.17, 15) is 13.2 Å². The van der Waals surface area contributed by atoms with E-state index in [-0.39, 0.29) is 23.8 Å². The zero-order valence-corrected chi connectivity index (χ0v) is 16.8. The molecule has 0 fully saturated rings. The van der Waals surface area contributed by atoms with E-state index in [1.54, 1.807) is 19.1 Å². The molecule has 3 aromatic rings. The van der Waals surface area contributed by atoms with E-state index in [4.69, 9.17) is 0 Å². The second-order valence-corrected chi connectivity index (χ2v) is 9.12. The molecule has 0 aliphatic rings. The monoisotopic (exact) mass is 403 g/mol. The van der Waals surface area contributed by atoms with Gasteiger partial charge < -0.3 is 5.32 Å². The number of hydrogen-bond acceptors (Lipinski definition) is 5. The normalized spacial score (nSPS) is 11.6. The van der Waals surface area contributed by atoms with Crippen LogP contribution in [0.25, 0.3) is 10.2 Å². The number of aryl methyl sites for hydroxylation is 2. The van der Waals surface area contributed by atoms with Crippen LogP contribution in [0.5, 0.6) is 0 Å². The molecule has 1 amide bonds. The van der Waals surface area contributed by atoms with Gasteiger partial charge in [0.2, 0.25) is 15.9 Å². The molecule has 0 saturated heterocycles. The molecule has 0 spiro atoms. The van der Waals surface area contributed by atoms with Crippen molar-refractivity contribution >= 4 is 37.5 Å². The Labute approximate surface area is 162 Å². The summed E-state index contributed by atoms with van der Waals surface area (Å²) in [6.45, 7) is 3.97. The van der Waals surface area contributed by atoms with E-state index >= 15 is 0 Å². The Hall–Kier alpha value is -2.29. The summed E-state index contributed by atoms with van der Waals surface area (Å²) >= 11 is 1.53. The minimum Gasteiger partial charge on any atom is -0.350 e. The van der Waals surface area contributed by atoms with Crippen molar-refractivity contribution in [2.75, 3.05) is 6.54 Å². The standard InChI is InChI=1S/C19H21N3O3S2/c1-13-7-8-14(2)17(11-13)27(24,25)21-10-9-18(23)20-12-19-22-15-5-3-4-6-16(15)26-19/h3-8,11,21H,9-10,12H2,1-2H3,(H,20,23). The number of aromatic nitrogens is 1. The van der Waals surface area contributed by atoms with Gasteiger partial charge in [-0.1, -0.05) is 24.3 Å². The van der Waals surface area contributed by atoms with Crippen LogP contribution in [0.1, 0.15) is 22.6 Å². The van der Waals surface area contributed by atoms with Gasteiger partial charge in [-0.2, -0.15) is 0 Å². The number of amides is 1. The predicted octanol–water partition coefficient (Wildman–Crippen LogP) is 2.90. The number of nitrogens with zero attached hydrogens (tertiary/aromatic N) is 1. The summed E-state index contributed by atoms with van der Waals surface area (Å²) < 4.78 is 28.4. The average molecular weight is 404 g/mol. The SMILES string of the molecule is Cc1ccc(C)c(S(=O)(=O)NCCC(=O)NCc2nc3ccccc3s2)c1. The van der Waals surface area contributed by atoms with Gasteiger partial charge in [-0.25, -0.2) is 18.1 Å². The zero-order chi connectivity index (χ0) is 19.4. The van der Waals surface area contributed by atoms with Gasteiger partial charge in [-0.3, -0.25) is 4.79 Å². The molecule has 8 heteroatoms. The Bertz CT molecular complexity index is 1040. The summed E-state index contributed by atoms with van der Waals surface area (Å²) in [5, 5.41) is 3.60. The van der Waals surface area contributed by atoms with Crippen LogP contribution < -0.4 is 10.0 Å². The van der Waals surface area contributed by atoms with Crippen LogP contribution in [0.4, 0.5) is 0 Å². The lowest BCUT2D eigenvalue weighted by molar-refractivity contribution is -0.121. The second kappa shape index (κ2) is 8.16. The first-order valence-electron chi connectivity index (χ1n) is 8.53. The number of para-hydroxylation sites is 1. The molecule has 0 aliphatic carbocycles. The van der Waals surface area contributed by atoms with Crippen molar-refractivity contribution in [1.29, 1.82) is 0 Å². The maximum Gasteiger partial charge on any atom is 0.240 e. The van der Waals surface area contributed by atoms with Crippen molar-refractivity contribution in [2.45, 2.75) is 31.7 Å². The molecule has 0 radical (unpaired) electrons. The van der Waals surface area contributed by atoms with E-state index < -0.39 is 10.0 Å². The van der Waals surface area contributed by atoms with E-state index in [1.807, 2.05) is 37.3 Å². The van der Waals surface area contributed by atoms with Crippen LogP contribution in [-0.4, -0.2) is 25.9 Å². The number of nitrogens with one attached hydrogen (secondary N) is 2. The van der Waals surface area contributed by atoms with Gasteiger partial charge in [0.1, 0.15) is 5.01 Å². The van der Waals surface area contributed by atoms with E-state index in [0.717, 1.165) is 20.8 Å². The topological polar surface area (TPSA) is 88.2 Å². The number of carbonyl (C=O) groups is 1. The molecular weight excluding hydrogens is 382 g/mol. The number of hydrogen-bond donors (Lipinski definition) is 2. The van der Waals surface area contributed by atoms with Crippen LogP contribution in [0.3, 0.4) is 0 Å². The number of carbonyl (C=O) groups excluding carboxylic acids is 1. The fraction of sp³-hybridized carbons (Fsp3) is 0.263. The quantitative estimate of drug-likeness (QED) is 0.635. The van der Waals surface area contributed by atoms with Crippen LogP contribution in [-0.2, 0) is 21.4 Å². The molecule has 2 N–H and O–H groups in total. The molecule has 6 nitrogen and oxygen atoms in total. The Kier molecular flexibility index (Phi) is 5.88. The number of sulfonamides is 1. The summed E-state index contributed by atoms with van der Waals surface area (Å²) in [6.07, 6.45) is 0.0645. The van der Waals surface area contributed by atoms with E-state index in [0.29, 0.717) is 12.1 Å². The summed E-state index contributed by atoms with van der Waals surface area (Å²) in [7, 11) is -3.63. The Morgan fingerprint density at radius 1 is 1.15 bits per heavy atom. The first-order chi connectivity index (χ1) is 12.8. The van der Waals surface area contributed by atoms with Gasteiger partial charge in [0.15, 0.2) is 0 Å². The van der Waals surface area contributed by atoms with E-state index in [1.165, 1.54) is 11.3 Å². The summed E-state index contributed by atoms with van der Waals surface area (Å²) in [5.41, 5.74) is 2.45. The third-order valence-corrected chi connectivity index (χ3v) is 6.69. The fourth-order valence-electron chi connectivity index (χ4n) is 2.63. The molecule has 27 heavy (non-hydrogen) atoms. The lowest BCUT2D eigenvalue weighted by Crippen LogP contribution is -2.30. The van der Waals surface area contributed by atoms with Gasteiger partial charge in [0.25, 0.3) is 0 Å². The molecule has 0 atom stereocenters. The van der Waals surface area contributed by atoms with Crippen molar-refractivity contribution in [3.63, 3.8) is 0 Å². The molecule has 0 bridgehead atoms. The maximum atomic E-state index is 12.4. The highest BCUT2D eigenvalue weighted by Gasteiger charge is 2.17. The molecule has 1 heterocycles. The van der Waals surface area contributed by atoms with Crippen LogP contribution >= 0.6 is 11.3 Å². The lowest BCUT2D eigenvalue weighted by atomic mass is 10.2. The highest BCUT2D eigenvalue weighted by molar-refractivity contribution is 7.89. The maximum absolute atomic E-state index is 12.4. The molecule has 0 unspecified atom stereocenters. The summed E-state index contributed by atoms with van der Waals surface area (Å²) in [6, 6.07) is 13.1. The van der Waals surface area contributed by atoms with Crippen LogP contribution in [0.2, 0.25) is 0 Å². The van der Waals surface area contributed by atoms with Crippen molar-refractivity contribution < 1.29 is 13.2 Å². The van der Waals surface area contributed by atoms with Crippen molar-refractivity contribution in [1.82, 2.24) is 15.0 Å². The van der Waals surface area contributed by atoms with Crippen molar-refractivity contribution in [3.8, 4) is 0 Å². The van der Waals surface area contributed by atoms with Gasteiger partial charge in [0.05, 0.1) is 21.7 Å². The molecule has 2 aromatic carbocycles. The number of rotatable bonds is 7. The lowest BCUT2D eigenvalue weighted by Gasteiger charge is -2.10. The van der Waals surface area contributed by atoms with Crippen molar-refractivity contribution in [3.05, 3.63) is 58.6 Å². The molecule has 1 aromatic heterocycles. The van der Waals surface area contributed by atoms with Gasteiger partial charge in [-0.15, -0.1) is 11.3 Å². The number of thiazole rings is 1. The minimum atomic E-state index is -3.63. The van der Waals surface area contributed by atoms with E-state index in [2.05, 4.69) is 15.0 Å². The molecule has 0 aliphatic heterocycles.